The van der Waals surface area contributed by atoms with Crippen molar-refractivity contribution in [3.63, 3.8) is 0 Å². The van der Waals surface area contributed by atoms with Crippen molar-refractivity contribution in [1.82, 2.24) is 14.7 Å². The molecular weight excluding hydrogens is 266 g/mol. The van der Waals surface area contributed by atoms with Gasteiger partial charge in [0.2, 0.25) is 0 Å². The van der Waals surface area contributed by atoms with Crippen LogP contribution in [0, 0.1) is 0 Å². The minimum Gasteiger partial charge on any atom is -0.497 e. The van der Waals surface area contributed by atoms with Crippen LogP contribution in [0.15, 0.2) is 35.1 Å². The summed E-state index contributed by atoms with van der Waals surface area (Å²) in [5.74, 6) is 1.92. The van der Waals surface area contributed by atoms with E-state index in [9.17, 15) is 0 Å². The number of nitrogens with zero attached hydrogens (tertiary/aromatic N) is 3. The van der Waals surface area contributed by atoms with Gasteiger partial charge < -0.3 is 13.8 Å². The Morgan fingerprint density at radius 3 is 2.95 bits per heavy atom. The molecule has 0 spiro atoms. The van der Waals surface area contributed by atoms with Gasteiger partial charge in [-0.1, -0.05) is 5.16 Å². The van der Waals surface area contributed by atoms with E-state index in [1.165, 1.54) is 0 Å². The van der Waals surface area contributed by atoms with Gasteiger partial charge >= 0.3 is 0 Å². The summed E-state index contributed by atoms with van der Waals surface area (Å²) in [4.78, 5) is 4.51. The lowest BCUT2D eigenvalue weighted by Crippen LogP contribution is -2.03. The third-order valence-electron chi connectivity index (χ3n) is 2.97. The molecule has 3 rings (SSSR count). The molecule has 0 radical (unpaired) electrons. The van der Waals surface area contributed by atoms with E-state index in [1.54, 1.807) is 13.4 Å². The molecule has 0 aliphatic carbocycles. The van der Waals surface area contributed by atoms with Crippen molar-refractivity contribution in [3.8, 4) is 5.75 Å². The zero-order valence-electron chi connectivity index (χ0n) is 10.3. The van der Waals surface area contributed by atoms with Crippen LogP contribution < -0.4 is 4.74 Å². The fourth-order valence-electron chi connectivity index (χ4n) is 2.05. The Kier molecular flexibility index (Phi) is 3.13. The van der Waals surface area contributed by atoms with Crippen LogP contribution in [0.1, 0.15) is 11.5 Å². The normalized spacial score (nSPS) is 11.1. The Morgan fingerprint density at radius 2 is 2.26 bits per heavy atom. The molecule has 6 heteroatoms. The summed E-state index contributed by atoms with van der Waals surface area (Å²) in [6.07, 6.45) is 1.55. The number of rotatable bonds is 4. The molecule has 2 heterocycles. The fraction of sp³-hybridized carbons (Fsp3) is 0.231. The highest BCUT2D eigenvalue weighted by molar-refractivity contribution is 6.16. The third kappa shape index (κ3) is 2.17. The van der Waals surface area contributed by atoms with E-state index < -0.39 is 0 Å². The predicted octanol–water partition coefficient (Wildman–Crippen LogP) is 2.82. The van der Waals surface area contributed by atoms with E-state index in [0.29, 0.717) is 12.4 Å². The minimum absolute atomic E-state index is 0.342. The van der Waals surface area contributed by atoms with Gasteiger partial charge in [0.25, 0.3) is 0 Å². The van der Waals surface area contributed by atoms with E-state index in [2.05, 4.69) is 10.1 Å². The van der Waals surface area contributed by atoms with Crippen molar-refractivity contribution in [3.05, 3.63) is 42.0 Å². The first-order chi connectivity index (χ1) is 9.31. The Hall–Kier alpha value is -2.01. The average Bonchev–Trinajstić information content (AvgIpc) is 3.06. The smallest absolute Gasteiger partial charge is 0.125 e. The van der Waals surface area contributed by atoms with E-state index in [-0.39, 0.29) is 0 Å². The lowest BCUT2D eigenvalue weighted by Gasteiger charge is -2.05. The van der Waals surface area contributed by atoms with Gasteiger partial charge in [0.1, 0.15) is 23.5 Å². The lowest BCUT2D eigenvalue weighted by molar-refractivity contribution is 0.409. The van der Waals surface area contributed by atoms with Crippen LogP contribution in [0.4, 0.5) is 0 Å². The van der Waals surface area contributed by atoms with Crippen molar-refractivity contribution in [2.45, 2.75) is 12.4 Å². The van der Waals surface area contributed by atoms with Crippen molar-refractivity contribution in [2.24, 2.45) is 0 Å². The minimum atomic E-state index is 0.342. The molecule has 0 aliphatic heterocycles. The Labute approximate surface area is 114 Å². The van der Waals surface area contributed by atoms with Crippen LogP contribution in [-0.2, 0) is 12.4 Å². The van der Waals surface area contributed by atoms with Crippen molar-refractivity contribution < 1.29 is 9.26 Å². The van der Waals surface area contributed by atoms with Gasteiger partial charge in [-0.3, -0.25) is 0 Å². The molecule has 98 valence electrons. The Balaban J connectivity index is 2.10. The summed E-state index contributed by atoms with van der Waals surface area (Å²) < 4.78 is 12.1. The topological polar surface area (TPSA) is 53.1 Å². The molecule has 0 bridgehead atoms. The largest absolute Gasteiger partial charge is 0.497 e. The molecule has 0 aliphatic rings. The monoisotopic (exact) mass is 277 g/mol. The van der Waals surface area contributed by atoms with Crippen molar-refractivity contribution in [2.75, 3.05) is 7.11 Å². The summed E-state index contributed by atoms with van der Waals surface area (Å²) in [5.41, 5.74) is 2.69. The number of fused-ring (bicyclic) bond motifs is 1. The predicted molar refractivity (Wildman–Crippen MR) is 71.4 cm³/mol. The molecule has 3 aromatic rings. The van der Waals surface area contributed by atoms with E-state index >= 15 is 0 Å². The number of aromatic nitrogens is 3. The SMILES string of the molecule is COc1ccc2c(c1)nc(CCl)n2Cc1ccon1. The average molecular weight is 278 g/mol. The number of alkyl halides is 1. The summed E-state index contributed by atoms with van der Waals surface area (Å²) >= 11 is 5.96. The zero-order valence-corrected chi connectivity index (χ0v) is 11.1. The molecule has 0 amide bonds. The van der Waals surface area contributed by atoms with Crippen molar-refractivity contribution >= 4 is 22.6 Å². The zero-order chi connectivity index (χ0) is 13.2. The summed E-state index contributed by atoms with van der Waals surface area (Å²) in [5, 5.41) is 3.92. The quantitative estimate of drug-likeness (QED) is 0.688. The summed E-state index contributed by atoms with van der Waals surface area (Å²) in [6.45, 7) is 0.585. The van der Waals surface area contributed by atoms with Gasteiger partial charge in [-0.25, -0.2) is 4.98 Å². The van der Waals surface area contributed by atoms with Crippen LogP contribution in [0.2, 0.25) is 0 Å². The van der Waals surface area contributed by atoms with Crippen LogP contribution in [-0.4, -0.2) is 21.8 Å². The number of benzene rings is 1. The molecule has 0 atom stereocenters. The highest BCUT2D eigenvalue weighted by atomic mass is 35.5. The maximum atomic E-state index is 5.96. The third-order valence-corrected chi connectivity index (χ3v) is 3.20. The molecule has 19 heavy (non-hydrogen) atoms. The van der Waals surface area contributed by atoms with Gasteiger partial charge in [-0.2, -0.15) is 0 Å². The molecule has 0 saturated carbocycles. The summed E-state index contributed by atoms with van der Waals surface area (Å²) in [7, 11) is 1.63. The molecule has 0 N–H and O–H groups in total. The number of halogens is 1. The number of ether oxygens (including phenoxy) is 1. The standard InChI is InChI=1S/C13H12ClN3O2/c1-18-10-2-3-12-11(6-10)15-13(7-14)17(12)8-9-4-5-19-16-9/h2-6H,7-8H2,1H3. The van der Waals surface area contributed by atoms with E-state index in [4.69, 9.17) is 20.9 Å². The maximum absolute atomic E-state index is 5.96. The highest BCUT2D eigenvalue weighted by Crippen LogP contribution is 2.23. The molecule has 0 unspecified atom stereocenters. The summed E-state index contributed by atoms with van der Waals surface area (Å²) in [6, 6.07) is 7.59. The molecular formula is C13H12ClN3O2. The first kappa shape index (κ1) is 12.0. The molecule has 2 aromatic heterocycles. The number of imidazole rings is 1. The van der Waals surface area contributed by atoms with Crippen LogP contribution >= 0.6 is 11.6 Å². The van der Waals surface area contributed by atoms with Gasteiger partial charge in [-0.05, 0) is 12.1 Å². The second-order valence-corrected chi connectivity index (χ2v) is 4.36. The fourth-order valence-corrected chi connectivity index (χ4v) is 2.25. The molecule has 1 aromatic carbocycles. The van der Waals surface area contributed by atoms with E-state index in [0.717, 1.165) is 28.3 Å². The Bertz CT molecular complexity index is 691. The molecule has 0 fully saturated rings. The number of hydrogen-bond donors (Lipinski definition) is 0. The van der Waals surface area contributed by atoms with Gasteiger partial charge in [0, 0.05) is 12.1 Å². The van der Waals surface area contributed by atoms with Crippen molar-refractivity contribution in [1.29, 1.82) is 0 Å². The van der Waals surface area contributed by atoms with Crippen LogP contribution in [0.5, 0.6) is 5.75 Å². The van der Waals surface area contributed by atoms with Gasteiger partial charge in [0.15, 0.2) is 0 Å². The first-order valence-electron chi connectivity index (χ1n) is 5.80. The maximum Gasteiger partial charge on any atom is 0.125 e. The highest BCUT2D eigenvalue weighted by Gasteiger charge is 2.12. The Morgan fingerprint density at radius 1 is 1.37 bits per heavy atom. The first-order valence-corrected chi connectivity index (χ1v) is 6.33. The van der Waals surface area contributed by atoms with Gasteiger partial charge in [-0.15, -0.1) is 11.6 Å². The van der Waals surface area contributed by atoms with Crippen LogP contribution in [0.3, 0.4) is 0 Å². The molecule has 0 saturated heterocycles. The number of hydrogen-bond acceptors (Lipinski definition) is 4. The lowest BCUT2D eigenvalue weighted by atomic mass is 10.3. The molecule has 5 nitrogen and oxygen atoms in total. The van der Waals surface area contributed by atoms with E-state index in [1.807, 2.05) is 28.8 Å². The second-order valence-electron chi connectivity index (χ2n) is 4.09. The van der Waals surface area contributed by atoms with Crippen LogP contribution in [0.25, 0.3) is 11.0 Å². The second kappa shape index (κ2) is 4.93. The van der Waals surface area contributed by atoms with Gasteiger partial charge in [0.05, 0.1) is 30.6 Å². The number of methoxy groups -OCH3 is 1.